The van der Waals surface area contributed by atoms with E-state index in [0.29, 0.717) is 13.0 Å². The fourth-order valence-electron chi connectivity index (χ4n) is 5.02. The van der Waals surface area contributed by atoms with E-state index in [0.717, 1.165) is 48.4 Å². The summed E-state index contributed by atoms with van der Waals surface area (Å²) in [5.74, 6) is 0.802. The highest BCUT2D eigenvalue weighted by molar-refractivity contribution is 5.73. The first-order chi connectivity index (χ1) is 16.6. The molecule has 2 aliphatic rings. The Morgan fingerprint density at radius 1 is 1.17 bits per heavy atom. The molecule has 0 unspecified atom stereocenters. The van der Waals surface area contributed by atoms with Gasteiger partial charge in [0.15, 0.2) is 0 Å². The summed E-state index contributed by atoms with van der Waals surface area (Å²) < 4.78 is 6.48. The standard InChI is InChI=1S/C29H41N3O3/c1-20(33)32-24(15-21-9-6-5-7-10-21)26(34)18-30-25-17-29(13-8-14-29)35-27-12-11-22(16-23(25)27)31-19-28(2,3)4/h5-7,9-12,16,24-26,30-31,34H,8,13-15,17-19H2,1-4H3,(H,32,33)/t24-,25-,26+/m0/s1. The molecule has 0 aromatic heterocycles. The zero-order valence-electron chi connectivity index (χ0n) is 21.6. The molecule has 6 heteroatoms. The lowest BCUT2D eigenvalue weighted by Gasteiger charge is -2.48. The fourth-order valence-corrected chi connectivity index (χ4v) is 5.02. The van der Waals surface area contributed by atoms with Crippen LogP contribution >= 0.6 is 0 Å². The number of hydrogen-bond donors (Lipinski definition) is 4. The number of ether oxygens (including phenoxy) is 1. The number of aliphatic hydroxyl groups excluding tert-OH is 1. The van der Waals surface area contributed by atoms with Crippen LogP contribution in [0.2, 0.25) is 0 Å². The molecule has 2 aromatic rings. The van der Waals surface area contributed by atoms with Crippen molar-refractivity contribution in [3.05, 3.63) is 59.7 Å². The Labute approximate surface area is 209 Å². The Morgan fingerprint density at radius 2 is 1.91 bits per heavy atom. The first-order valence-electron chi connectivity index (χ1n) is 12.9. The van der Waals surface area contributed by atoms with Crippen LogP contribution in [0.3, 0.4) is 0 Å². The minimum absolute atomic E-state index is 0.0831. The molecule has 6 nitrogen and oxygen atoms in total. The van der Waals surface area contributed by atoms with Gasteiger partial charge in [0.05, 0.1) is 12.1 Å². The second-order valence-corrected chi connectivity index (χ2v) is 11.5. The summed E-state index contributed by atoms with van der Waals surface area (Å²) in [7, 11) is 0. The topological polar surface area (TPSA) is 82.6 Å². The van der Waals surface area contributed by atoms with Crippen LogP contribution in [-0.2, 0) is 11.2 Å². The number of nitrogens with one attached hydrogen (secondary N) is 3. The number of carbonyl (C=O) groups is 1. The maximum Gasteiger partial charge on any atom is 0.217 e. The third-order valence-corrected chi connectivity index (χ3v) is 7.10. The minimum atomic E-state index is -0.718. The number of benzene rings is 2. The minimum Gasteiger partial charge on any atom is -0.487 e. The second kappa shape index (κ2) is 10.6. The van der Waals surface area contributed by atoms with Gasteiger partial charge in [-0.15, -0.1) is 0 Å². The zero-order valence-corrected chi connectivity index (χ0v) is 21.6. The SMILES string of the molecule is CC(=O)N[C@@H](Cc1ccccc1)[C@H](O)CN[C@H]1CC2(CCC2)Oc2ccc(NCC(C)(C)C)cc21. The van der Waals surface area contributed by atoms with Gasteiger partial charge in [0.2, 0.25) is 5.91 Å². The third kappa shape index (κ3) is 6.77. The van der Waals surface area contributed by atoms with Gasteiger partial charge in [-0.2, -0.15) is 0 Å². The number of rotatable bonds is 9. The number of fused-ring (bicyclic) bond motifs is 1. The highest BCUT2D eigenvalue weighted by atomic mass is 16.5. The van der Waals surface area contributed by atoms with Gasteiger partial charge in [0.1, 0.15) is 11.4 Å². The molecule has 3 atom stereocenters. The van der Waals surface area contributed by atoms with Crippen LogP contribution in [0.15, 0.2) is 48.5 Å². The summed E-state index contributed by atoms with van der Waals surface area (Å²) in [5, 5.41) is 21.2. The first-order valence-corrected chi connectivity index (χ1v) is 12.9. The van der Waals surface area contributed by atoms with Crippen molar-refractivity contribution in [2.24, 2.45) is 5.41 Å². The lowest BCUT2D eigenvalue weighted by atomic mass is 9.73. The average molecular weight is 480 g/mol. The molecule has 2 aromatic carbocycles. The van der Waals surface area contributed by atoms with E-state index in [1.807, 2.05) is 30.3 Å². The van der Waals surface area contributed by atoms with E-state index in [-0.39, 0.29) is 29.0 Å². The van der Waals surface area contributed by atoms with Gasteiger partial charge in [-0.1, -0.05) is 51.1 Å². The summed E-state index contributed by atoms with van der Waals surface area (Å²) in [5.41, 5.74) is 3.38. The van der Waals surface area contributed by atoms with Crippen molar-refractivity contribution in [1.29, 1.82) is 0 Å². The van der Waals surface area contributed by atoms with Gasteiger partial charge in [-0.05, 0) is 54.9 Å². The smallest absolute Gasteiger partial charge is 0.217 e. The van der Waals surface area contributed by atoms with Crippen LogP contribution < -0.4 is 20.7 Å². The van der Waals surface area contributed by atoms with Crippen molar-refractivity contribution in [1.82, 2.24) is 10.6 Å². The molecular weight excluding hydrogens is 438 g/mol. The van der Waals surface area contributed by atoms with Gasteiger partial charge in [-0.25, -0.2) is 0 Å². The van der Waals surface area contributed by atoms with Crippen LogP contribution in [0.25, 0.3) is 0 Å². The Balaban J connectivity index is 1.48. The quantitative estimate of drug-likeness (QED) is 0.423. The summed E-state index contributed by atoms with van der Waals surface area (Å²) in [6.07, 6.45) is 4.08. The van der Waals surface area contributed by atoms with Gasteiger partial charge < -0.3 is 25.8 Å². The van der Waals surface area contributed by atoms with Gasteiger partial charge in [0.25, 0.3) is 0 Å². The van der Waals surface area contributed by atoms with Crippen LogP contribution in [0.5, 0.6) is 5.75 Å². The van der Waals surface area contributed by atoms with Crippen molar-refractivity contribution >= 4 is 11.6 Å². The summed E-state index contributed by atoms with van der Waals surface area (Å²) in [6, 6.07) is 16.1. The van der Waals surface area contributed by atoms with E-state index in [4.69, 9.17) is 4.74 Å². The number of carbonyl (C=O) groups excluding carboxylic acids is 1. The monoisotopic (exact) mass is 479 g/mol. The lowest BCUT2D eigenvalue weighted by molar-refractivity contribution is -0.120. The highest BCUT2D eigenvalue weighted by Gasteiger charge is 2.45. The van der Waals surface area contributed by atoms with Crippen molar-refractivity contribution in [3.63, 3.8) is 0 Å². The van der Waals surface area contributed by atoms with Crippen molar-refractivity contribution in [2.75, 3.05) is 18.4 Å². The highest BCUT2D eigenvalue weighted by Crippen LogP contribution is 2.49. The molecule has 1 saturated carbocycles. The number of anilines is 1. The van der Waals surface area contributed by atoms with Gasteiger partial charge in [-0.3, -0.25) is 4.79 Å². The molecule has 0 saturated heterocycles. The molecule has 4 N–H and O–H groups in total. The average Bonchev–Trinajstić information content (AvgIpc) is 2.79. The van der Waals surface area contributed by atoms with Crippen molar-refractivity contribution in [3.8, 4) is 5.75 Å². The molecule has 1 aliphatic carbocycles. The number of amides is 1. The van der Waals surface area contributed by atoms with Gasteiger partial charge >= 0.3 is 0 Å². The predicted molar refractivity (Wildman–Crippen MR) is 141 cm³/mol. The lowest BCUT2D eigenvalue weighted by Crippen LogP contribution is -2.52. The summed E-state index contributed by atoms with van der Waals surface area (Å²) in [4.78, 5) is 11.9. The maximum absolute atomic E-state index is 11.9. The van der Waals surface area contributed by atoms with Crippen molar-refractivity contribution in [2.45, 2.75) is 83.6 Å². The zero-order chi connectivity index (χ0) is 25.1. The molecular formula is C29H41N3O3. The molecule has 4 rings (SSSR count). The normalized spacial score (nSPS) is 20.2. The molecule has 1 fully saturated rings. The Bertz CT molecular complexity index is 998. The Morgan fingerprint density at radius 3 is 2.54 bits per heavy atom. The van der Waals surface area contributed by atoms with Crippen LogP contribution in [0.1, 0.15) is 70.5 Å². The molecule has 1 heterocycles. The van der Waals surface area contributed by atoms with Crippen molar-refractivity contribution < 1.29 is 14.6 Å². The first kappa shape index (κ1) is 25.5. The van der Waals surface area contributed by atoms with E-state index >= 15 is 0 Å². The van der Waals surface area contributed by atoms with E-state index < -0.39 is 6.10 Å². The maximum atomic E-state index is 11.9. The largest absolute Gasteiger partial charge is 0.487 e. The Kier molecular flexibility index (Phi) is 7.72. The molecule has 1 amide bonds. The summed E-state index contributed by atoms with van der Waals surface area (Å²) in [6.45, 7) is 9.42. The molecule has 35 heavy (non-hydrogen) atoms. The van der Waals surface area contributed by atoms with Crippen LogP contribution in [0.4, 0.5) is 5.69 Å². The van der Waals surface area contributed by atoms with E-state index in [1.54, 1.807) is 0 Å². The predicted octanol–water partition coefficient (Wildman–Crippen LogP) is 4.59. The van der Waals surface area contributed by atoms with Crippen LogP contribution in [0, 0.1) is 5.41 Å². The van der Waals surface area contributed by atoms with E-state index in [2.05, 4.69) is 54.9 Å². The van der Waals surface area contributed by atoms with E-state index in [9.17, 15) is 9.90 Å². The van der Waals surface area contributed by atoms with Crippen LogP contribution in [-0.4, -0.2) is 41.9 Å². The molecule has 1 aliphatic heterocycles. The number of hydrogen-bond acceptors (Lipinski definition) is 5. The van der Waals surface area contributed by atoms with E-state index in [1.165, 1.54) is 13.3 Å². The number of aliphatic hydroxyl groups is 1. The summed E-state index contributed by atoms with van der Waals surface area (Å²) >= 11 is 0. The molecule has 0 bridgehead atoms. The third-order valence-electron chi connectivity index (χ3n) is 7.10. The molecule has 190 valence electrons. The Hall–Kier alpha value is -2.57. The molecule has 1 spiro atoms. The fraction of sp³-hybridized carbons (Fsp3) is 0.552. The molecule has 0 radical (unpaired) electrons. The van der Waals surface area contributed by atoms with Gasteiger partial charge in [0, 0.05) is 43.7 Å². The second-order valence-electron chi connectivity index (χ2n) is 11.5.